The number of carbonyl (C=O) groups excluding carboxylic acids is 3. The lowest BCUT2D eigenvalue weighted by Crippen LogP contribution is -2.42. The predicted octanol–water partition coefficient (Wildman–Crippen LogP) is 4.34. The third-order valence-corrected chi connectivity index (χ3v) is 6.68. The molecule has 1 fully saturated rings. The first-order valence-electron chi connectivity index (χ1n) is 12.0. The number of hydrogen-bond acceptors (Lipinski definition) is 5. The molecule has 0 spiro atoms. The molecular formula is C29H27N3O4. The number of hydrogen-bond donors (Lipinski definition) is 3. The summed E-state index contributed by atoms with van der Waals surface area (Å²) in [5, 5.41) is 16.2. The van der Waals surface area contributed by atoms with Crippen molar-refractivity contribution in [3.8, 4) is 0 Å². The molecule has 7 heteroatoms. The van der Waals surface area contributed by atoms with Crippen molar-refractivity contribution in [1.29, 1.82) is 0 Å². The summed E-state index contributed by atoms with van der Waals surface area (Å²) in [5.74, 6) is -0.359. The summed E-state index contributed by atoms with van der Waals surface area (Å²) in [6, 6.07) is 20.2. The average Bonchev–Trinajstić information content (AvgIpc) is 3.21. The van der Waals surface area contributed by atoms with E-state index >= 15 is 0 Å². The smallest absolute Gasteiger partial charge is 0.258 e. The summed E-state index contributed by atoms with van der Waals surface area (Å²) in [4.78, 5) is 39.1. The van der Waals surface area contributed by atoms with Crippen LogP contribution in [0.15, 0.2) is 66.7 Å². The number of amides is 2. The Morgan fingerprint density at radius 1 is 1.08 bits per heavy atom. The van der Waals surface area contributed by atoms with Crippen LogP contribution in [0.1, 0.15) is 50.2 Å². The highest BCUT2D eigenvalue weighted by atomic mass is 16.3. The average molecular weight is 482 g/mol. The third-order valence-electron chi connectivity index (χ3n) is 6.68. The van der Waals surface area contributed by atoms with Crippen molar-refractivity contribution < 1.29 is 19.5 Å². The standard InChI is InChI=1S/C29H27N3O4/c1-18-14-24-25(15-21(18)17-33)31-28(35)26(24)27(19-6-3-2-4-7-19)30-22-11-9-20(10-12-22)29(36)32-13-5-8-23(34)16-32/h2-4,6-7,9-12,14-15,17,23,30,34H,5,8,13,16H2,1H3,(H,31,35)/b27-26-. The minimum absolute atomic E-state index is 0.104. The highest BCUT2D eigenvalue weighted by Gasteiger charge is 2.29. The van der Waals surface area contributed by atoms with E-state index in [1.54, 1.807) is 23.1 Å². The molecule has 3 aromatic carbocycles. The van der Waals surface area contributed by atoms with Crippen LogP contribution in [0.5, 0.6) is 0 Å². The number of carbonyl (C=O) groups is 3. The van der Waals surface area contributed by atoms with Gasteiger partial charge in [-0.25, -0.2) is 0 Å². The Morgan fingerprint density at radius 2 is 1.83 bits per heavy atom. The number of aldehydes is 1. The zero-order valence-electron chi connectivity index (χ0n) is 20.0. The summed E-state index contributed by atoms with van der Waals surface area (Å²) < 4.78 is 0. The molecule has 36 heavy (non-hydrogen) atoms. The number of aliphatic hydroxyl groups is 1. The molecule has 7 nitrogen and oxygen atoms in total. The highest BCUT2D eigenvalue weighted by Crippen LogP contribution is 2.38. The molecule has 1 atom stereocenters. The van der Waals surface area contributed by atoms with Crippen LogP contribution in [0.4, 0.5) is 11.4 Å². The number of benzene rings is 3. The predicted molar refractivity (Wildman–Crippen MR) is 140 cm³/mol. The fourth-order valence-corrected chi connectivity index (χ4v) is 4.76. The number of anilines is 2. The van der Waals surface area contributed by atoms with E-state index in [1.807, 2.05) is 55.5 Å². The van der Waals surface area contributed by atoms with Gasteiger partial charge in [0.1, 0.15) is 6.29 Å². The van der Waals surface area contributed by atoms with Crippen LogP contribution in [0, 0.1) is 6.92 Å². The number of piperidine rings is 1. The topological polar surface area (TPSA) is 98.7 Å². The maximum Gasteiger partial charge on any atom is 0.258 e. The number of β-amino-alcohol motifs (C(OH)–C–C–N with tert-alkyl or cyclic N) is 1. The number of nitrogens with zero attached hydrogens (tertiary/aromatic N) is 1. The maximum absolute atomic E-state index is 13.1. The molecule has 3 aromatic rings. The summed E-state index contributed by atoms with van der Waals surface area (Å²) in [6.07, 6.45) is 1.82. The van der Waals surface area contributed by atoms with Crippen molar-refractivity contribution in [1.82, 2.24) is 4.90 Å². The van der Waals surface area contributed by atoms with E-state index in [9.17, 15) is 19.5 Å². The second-order valence-corrected chi connectivity index (χ2v) is 9.19. The van der Waals surface area contributed by atoms with E-state index in [0.29, 0.717) is 41.2 Å². The highest BCUT2D eigenvalue weighted by molar-refractivity contribution is 6.37. The van der Waals surface area contributed by atoms with Gasteiger partial charge in [0, 0.05) is 41.2 Å². The fourth-order valence-electron chi connectivity index (χ4n) is 4.76. The molecule has 0 bridgehead atoms. The zero-order valence-corrected chi connectivity index (χ0v) is 20.0. The van der Waals surface area contributed by atoms with Gasteiger partial charge in [0.15, 0.2) is 0 Å². The Balaban J connectivity index is 1.50. The number of nitrogens with one attached hydrogen (secondary N) is 2. The Bertz CT molecular complexity index is 1360. The van der Waals surface area contributed by atoms with E-state index < -0.39 is 6.10 Å². The Kier molecular flexibility index (Phi) is 6.40. The van der Waals surface area contributed by atoms with Gasteiger partial charge in [-0.1, -0.05) is 30.3 Å². The maximum atomic E-state index is 13.1. The Morgan fingerprint density at radius 3 is 2.53 bits per heavy atom. The van der Waals surface area contributed by atoms with Gasteiger partial charge >= 0.3 is 0 Å². The van der Waals surface area contributed by atoms with Crippen molar-refractivity contribution in [2.45, 2.75) is 25.9 Å². The summed E-state index contributed by atoms with van der Waals surface area (Å²) in [6.45, 7) is 2.83. The van der Waals surface area contributed by atoms with Crippen molar-refractivity contribution in [2.24, 2.45) is 0 Å². The second kappa shape index (κ2) is 9.79. The Hall–Kier alpha value is -4.23. The normalized spacial score (nSPS) is 18.3. The molecule has 0 aromatic heterocycles. The molecule has 0 radical (unpaired) electrons. The first kappa shape index (κ1) is 23.5. The minimum atomic E-state index is -0.477. The van der Waals surface area contributed by atoms with Gasteiger partial charge in [0.25, 0.3) is 11.8 Å². The van der Waals surface area contributed by atoms with Crippen molar-refractivity contribution in [2.75, 3.05) is 23.7 Å². The molecule has 2 amide bonds. The fraction of sp³-hybridized carbons (Fsp3) is 0.207. The number of aliphatic hydroxyl groups excluding tert-OH is 1. The molecule has 1 unspecified atom stereocenters. The van der Waals surface area contributed by atoms with Gasteiger partial charge in [-0.3, -0.25) is 14.4 Å². The summed E-state index contributed by atoms with van der Waals surface area (Å²) >= 11 is 0. The summed E-state index contributed by atoms with van der Waals surface area (Å²) in [7, 11) is 0. The molecule has 182 valence electrons. The second-order valence-electron chi connectivity index (χ2n) is 9.19. The van der Waals surface area contributed by atoms with Gasteiger partial charge in [-0.15, -0.1) is 0 Å². The number of likely N-dealkylation sites (tertiary alicyclic amines) is 1. The number of fused-ring (bicyclic) bond motifs is 1. The van der Waals surface area contributed by atoms with Crippen molar-refractivity contribution in [3.63, 3.8) is 0 Å². The SMILES string of the molecule is Cc1cc2c(cc1C=O)NC(=O)/C2=C(\Nc1ccc(C(=O)N2CCCC(O)C2)cc1)c1ccccc1. The largest absolute Gasteiger partial charge is 0.391 e. The monoisotopic (exact) mass is 481 g/mol. The van der Waals surface area contributed by atoms with E-state index in [2.05, 4.69) is 10.6 Å². The van der Waals surface area contributed by atoms with Crippen LogP contribution >= 0.6 is 0 Å². The van der Waals surface area contributed by atoms with Crippen LogP contribution < -0.4 is 10.6 Å². The molecule has 0 aliphatic carbocycles. The number of rotatable bonds is 5. The van der Waals surface area contributed by atoms with Gasteiger partial charge in [-0.05, 0) is 67.3 Å². The van der Waals surface area contributed by atoms with Crippen LogP contribution in [-0.2, 0) is 4.79 Å². The summed E-state index contributed by atoms with van der Waals surface area (Å²) in [5.41, 5.74) is 5.86. The molecule has 5 rings (SSSR count). The molecule has 3 N–H and O–H groups in total. The van der Waals surface area contributed by atoms with Crippen molar-refractivity contribution in [3.05, 3.63) is 94.5 Å². The Labute approximate surface area is 209 Å². The van der Waals surface area contributed by atoms with E-state index in [1.165, 1.54) is 0 Å². The molecule has 2 aliphatic heterocycles. The first-order valence-corrected chi connectivity index (χ1v) is 12.0. The third kappa shape index (κ3) is 4.53. The lowest BCUT2D eigenvalue weighted by Gasteiger charge is -2.30. The lowest BCUT2D eigenvalue weighted by atomic mass is 9.97. The van der Waals surface area contributed by atoms with Gasteiger partial charge in [0.05, 0.1) is 17.4 Å². The van der Waals surface area contributed by atoms with Crippen LogP contribution in [0.3, 0.4) is 0 Å². The van der Waals surface area contributed by atoms with Gasteiger partial charge in [0.2, 0.25) is 0 Å². The quantitative estimate of drug-likeness (QED) is 0.372. The van der Waals surface area contributed by atoms with E-state index in [-0.39, 0.29) is 11.8 Å². The number of aryl methyl sites for hydroxylation is 1. The zero-order chi connectivity index (χ0) is 25.2. The molecule has 2 aliphatic rings. The molecule has 1 saturated heterocycles. The first-order chi connectivity index (χ1) is 17.4. The lowest BCUT2D eigenvalue weighted by molar-refractivity contribution is -0.110. The molecule has 2 heterocycles. The molecular weight excluding hydrogens is 454 g/mol. The minimum Gasteiger partial charge on any atom is -0.391 e. The van der Waals surface area contributed by atoms with Crippen molar-refractivity contribution >= 4 is 40.7 Å². The molecule has 0 saturated carbocycles. The van der Waals surface area contributed by atoms with Crippen LogP contribution in [0.2, 0.25) is 0 Å². The van der Waals surface area contributed by atoms with E-state index in [4.69, 9.17) is 0 Å². The van der Waals surface area contributed by atoms with E-state index in [0.717, 1.165) is 41.5 Å². The van der Waals surface area contributed by atoms with Crippen LogP contribution in [0.25, 0.3) is 11.3 Å². The van der Waals surface area contributed by atoms with Crippen LogP contribution in [-0.4, -0.2) is 47.3 Å². The van der Waals surface area contributed by atoms with Gasteiger partial charge < -0.3 is 20.6 Å². The van der Waals surface area contributed by atoms with Gasteiger partial charge in [-0.2, -0.15) is 0 Å².